The minimum atomic E-state index is -4.17. The Morgan fingerprint density at radius 1 is 1.30 bits per heavy atom. The van der Waals surface area contributed by atoms with Crippen LogP contribution in [0.1, 0.15) is 20.3 Å². The van der Waals surface area contributed by atoms with Crippen molar-refractivity contribution in [2.24, 2.45) is 5.73 Å². The molecule has 0 saturated carbocycles. The standard InChI is InChI=1S/C12H22F3N3O2/c1-9(7-11(2,16)10(19)20)18-5-3-17(4-6-18)8-12(13,14)15/h9H,3-8,16H2,1-2H3,(H,19,20). The summed E-state index contributed by atoms with van der Waals surface area (Å²) < 4.78 is 36.8. The van der Waals surface area contributed by atoms with E-state index >= 15 is 0 Å². The number of carbonyl (C=O) groups is 1. The van der Waals surface area contributed by atoms with Crippen LogP contribution in [0.2, 0.25) is 0 Å². The summed E-state index contributed by atoms with van der Waals surface area (Å²) in [5.41, 5.74) is 4.38. The van der Waals surface area contributed by atoms with Crippen molar-refractivity contribution in [2.75, 3.05) is 32.7 Å². The highest BCUT2D eigenvalue weighted by Crippen LogP contribution is 2.20. The normalized spacial score (nSPS) is 23.3. The van der Waals surface area contributed by atoms with Crippen LogP contribution in [0.25, 0.3) is 0 Å². The molecule has 1 aliphatic heterocycles. The lowest BCUT2D eigenvalue weighted by atomic mass is 9.94. The zero-order chi connectivity index (χ0) is 15.6. The van der Waals surface area contributed by atoms with Gasteiger partial charge in [-0.25, -0.2) is 0 Å². The van der Waals surface area contributed by atoms with Gasteiger partial charge >= 0.3 is 12.1 Å². The molecule has 3 N–H and O–H groups in total. The summed E-state index contributed by atoms with van der Waals surface area (Å²) in [6.07, 6.45) is -3.91. The van der Waals surface area contributed by atoms with Crippen LogP contribution in [-0.2, 0) is 4.79 Å². The number of carboxylic acid groups (broad SMARTS) is 1. The number of piperazine rings is 1. The molecular formula is C12H22F3N3O2. The Balaban J connectivity index is 2.43. The topological polar surface area (TPSA) is 69.8 Å². The first-order valence-electron chi connectivity index (χ1n) is 6.57. The number of aliphatic carboxylic acids is 1. The summed E-state index contributed by atoms with van der Waals surface area (Å²) in [7, 11) is 0. The molecule has 1 heterocycles. The van der Waals surface area contributed by atoms with Crippen LogP contribution in [0.15, 0.2) is 0 Å². The maximum atomic E-state index is 12.3. The van der Waals surface area contributed by atoms with E-state index in [1.54, 1.807) is 0 Å². The fourth-order valence-electron chi connectivity index (χ4n) is 2.45. The van der Waals surface area contributed by atoms with Crippen molar-refractivity contribution in [3.05, 3.63) is 0 Å². The van der Waals surface area contributed by atoms with Gasteiger partial charge in [0.1, 0.15) is 5.54 Å². The molecule has 1 fully saturated rings. The van der Waals surface area contributed by atoms with Crippen LogP contribution in [0.4, 0.5) is 13.2 Å². The molecule has 2 atom stereocenters. The highest BCUT2D eigenvalue weighted by Gasteiger charge is 2.35. The summed E-state index contributed by atoms with van der Waals surface area (Å²) in [6.45, 7) is 4.06. The minimum Gasteiger partial charge on any atom is -0.480 e. The molecule has 0 radical (unpaired) electrons. The fourth-order valence-corrected chi connectivity index (χ4v) is 2.45. The first kappa shape index (κ1) is 17.2. The first-order valence-corrected chi connectivity index (χ1v) is 6.57. The molecule has 5 nitrogen and oxygen atoms in total. The number of hydrogen-bond donors (Lipinski definition) is 2. The quantitative estimate of drug-likeness (QED) is 0.783. The number of halogens is 3. The Labute approximate surface area is 116 Å². The SMILES string of the molecule is CC(CC(C)(N)C(=O)O)N1CCN(CC(F)(F)F)CC1. The van der Waals surface area contributed by atoms with Crippen molar-refractivity contribution in [1.29, 1.82) is 0 Å². The number of carboxylic acids is 1. The molecule has 20 heavy (non-hydrogen) atoms. The van der Waals surface area contributed by atoms with E-state index in [1.807, 2.05) is 11.8 Å². The zero-order valence-corrected chi connectivity index (χ0v) is 11.8. The van der Waals surface area contributed by atoms with Crippen LogP contribution in [0, 0.1) is 0 Å². The lowest BCUT2D eigenvalue weighted by Gasteiger charge is -2.39. The average molecular weight is 297 g/mol. The number of hydrogen-bond acceptors (Lipinski definition) is 4. The monoisotopic (exact) mass is 297 g/mol. The average Bonchev–Trinajstić information content (AvgIpc) is 2.26. The molecule has 118 valence electrons. The molecule has 0 aromatic rings. The molecule has 1 rings (SSSR count). The van der Waals surface area contributed by atoms with E-state index in [0.717, 1.165) is 0 Å². The summed E-state index contributed by atoms with van der Waals surface area (Å²) >= 11 is 0. The van der Waals surface area contributed by atoms with E-state index in [2.05, 4.69) is 0 Å². The van der Waals surface area contributed by atoms with E-state index in [9.17, 15) is 18.0 Å². The van der Waals surface area contributed by atoms with E-state index in [0.29, 0.717) is 26.2 Å². The molecule has 0 spiro atoms. The number of alkyl halides is 3. The van der Waals surface area contributed by atoms with E-state index in [-0.39, 0.29) is 12.5 Å². The van der Waals surface area contributed by atoms with E-state index < -0.39 is 24.2 Å². The first-order chi connectivity index (χ1) is 9.01. The lowest BCUT2D eigenvalue weighted by molar-refractivity contribution is -0.150. The third-order valence-corrected chi connectivity index (χ3v) is 3.64. The molecule has 1 saturated heterocycles. The summed E-state index contributed by atoms with van der Waals surface area (Å²) in [5.74, 6) is -1.07. The molecule has 0 bridgehead atoms. The molecule has 0 aromatic carbocycles. The summed E-state index contributed by atoms with van der Waals surface area (Å²) in [4.78, 5) is 14.3. The molecule has 0 aromatic heterocycles. The Kier molecular flexibility index (Phi) is 5.39. The number of rotatable bonds is 5. The predicted molar refractivity (Wildman–Crippen MR) is 68.4 cm³/mol. The molecular weight excluding hydrogens is 275 g/mol. The largest absolute Gasteiger partial charge is 0.480 e. The zero-order valence-electron chi connectivity index (χ0n) is 11.8. The maximum absolute atomic E-state index is 12.3. The van der Waals surface area contributed by atoms with Gasteiger partial charge in [0, 0.05) is 32.2 Å². The van der Waals surface area contributed by atoms with Crippen LogP contribution in [-0.4, -0.2) is 71.4 Å². The molecule has 0 aliphatic carbocycles. The lowest BCUT2D eigenvalue weighted by Crippen LogP contribution is -2.55. The van der Waals surface area contributed by atoms with Crippen molar-refractivity contribution in [3.63, 3.8) is 0 Å². The van der Waals surface area contributed by atoms with Crippen molar-refractivity contribution in [2.45, 2.75) is 38.0 Å². The minimum absolute atomic E-state index is 0.0749. The Bertz CT molecular complexity index is 339. The highest BCUT2D eigenvalue weighted by atomic mass is 19.4. The van der Waals surface area contributed by atoms with Gasteiger partial charge in [0.05, 0.1) is 6.54 Å². The Morgan fingerprint density at radius 2 is 1.80 bits per heavy atom. The fraction of sp³-hybridized carbons (Fsp3) is 0.917. The smallest absolute Gasteiger partial charge is 0.401 e. The third-order valence-electron chi connectivity index (χ3n) is 3.64. The Morgan fingerprint density at radius 3 is 2.20 bits per heavy atom. The van der Waals surface area contributed by atoms with Gasteiger partial charge < -0.3 is 10.8 Å². The van der Waals surface area contributed by atoms with Gasteiger partial charge in [-0.1, -0.05) is 0 Å². The van der Waals surface area contributed by atoms with Crippen molar-refractivity contribution in [3.8, 4) is 0 Å². The second kappa shape index (κ2) is 6.28. The van der Waals surface area contributed by atoms with Gasteiger partial charge in [-0.15, -0.1) is 0 Å². The maximum Gasteiger partial charge on any atom is 0.401 e. The molecule has 2 unspecified atom stereocenters. The number of nitrogens with two attached hydrogens (primary N) is 1. The van der Waals surface area contributed by atoms with Gasteiger partial charge in [0.25, 0.3) is 0 Å². The molecule has 1 aliphatic rings. The highest BCUT2D eigenvalue weighted by molar-refractivity contribution is 5.77. The molecule has 8 heteroatoms. The van der Waals surface area contributed by atoms with E-state index in [4.69, 9.17) is 10.8 Å². The molecule has 0 amide bonds. The second-order valence-corrected chi connectivity index (χ2v) is 5.70. The van der Waals surface area contributed by atoms with E-state index in [1.165, 1.54) is 11.8 Å². The second-order valence-electron chi connectivity index (χ2n) is 5.70. The predicted octanol–water partition coefficient (Wildman–Crippen LogP) is 0.747. The van der Waals surface area contributed by atoms with Crippen LogP contribution in [0.5, 0.6) is 0 Å². The van der Waals surface area contributed by atoms with Crippen molar-refractivity contribution in [1.82, 2.24) is 9.80 Å². The van der Waals surface area contributed by atoms with Gasteiger partial charge in [-0.2, -0.15) is 13.2 Å². The number of nitrogens with zero attached hydrogens (tertiary/aromatic N) is 2. The Hall–Kier alpha value is -0.860. The van der Waals surface area contributed by atoms with Crippen molar-refractivity contribution >= 4 is 5.97 Å². The summed E-state index contributed by atoms with van der Waals surface area (Å²) in [6, 6.07) is -0.0749. The van der Waals surface area contributed by atoms with Gasteiger partial charge in [0.15, 0.2) is 0 Å². The summed E-state index contributed by atoms with van der Waals surface area (Å²) in [5, 5.41) is 8.98. The van der Waals surface area contributed by atoms with Gasteiger partial charge in [-0.3, -0.25) is 14.6 Å². The van der Waals surface area contributed by atoms with Gasteiger partial charge in [0.2, 0.25) is 0 Å². The van der Waals surface area contributed by atoms with Gasteiger partial charge in [-0.05, 0) is 20.3 Å². The third kappa shape index (κ3) is 5.26. The van der Waals surface area contributed by atoms with Crippen molar-refractivity contribution < 1.29 is 23.1 Å². The van der Waals surface area contributed by atoms with Crippen LogP contribution in [0.3, 0.4) is 0 Å². The van der Waals surface area contributed by atoms with Crippen LogP contribution >= 0.6 is 0 Å². The van der Waals surface area contributed by atoms with Crippen LogP contribution < -0.4 is 5.73 Å².